The number of amides is 2. The molecule has 2 heterocycles. The van der Waals surface area contributed by atoms with Crippen molar-refractivity contribution in [1.29, 1.82) is 0 Å². The summed E-state index contributed by atoms with van der Waals surface area (Å²) >= 11 is 0. The summed E-state index contributed by atoms with van der Waals surface area (Å²) in [6, 6.07) is -0.638. The number of imidazole rings is 1. The molecule has 0 spiro atoms. The Morgan fingerprint density at radius 1 is 1.52 bits per heavy atom. The molecule has 1 aliphatic heterocycles. The Labute approximate surface area is 124 Å². The second kappa shape index (κ2) is 6.60. The number of nitrogens with one attached hydrogen (secondary N) is 2. The van der Waals surface area contributed by atoms with Gasteiger partial charge in [0.25, 0.3) is 0 Å². The number of alkyl carbamates (subject to hydrolysis) is 1. The number of hydrogen-bond acceptors (Lipinski definition) is 4. The van der Waals surface area contributed by atoms with Gasteiger partial charge in [-0.3, -0.25) is 4.79 Å². The van der Waals surface area contributed by atoms with Crippen molar-refractivity contribution >= 4 is 12.0 Å². The summed E-state index contributed by atoms with van der Waals surface area (Å²) in [5.41, 5.74) is 0. The summed E-state index contributed by atoms with van der Waals surface area (Å²) in [5, 5.41) is 2.63. The second-order valence-electron chi connectivity index (χ2n) is 5.52. The van der Waals surface area contributed by atoms with Crippen LogP contribution in [0.15, 0.2) is 12.4 Å². The smallest absolute Gasteiger partial charge is 0.407 e. The molecule has 116 valence electrons. The molecular formula is C14H22N4O3. The molecule has 1 aromatic rings. The molecule has 21 heavy (non-hydrogen) atoms. The van der Waals surface area contributed by atoms with Gasteiger partial charge in [0.15, 0.2) is 0 Å². The van der Waals surface area contributed by atoms with Crippen molar-refractivity contribution in [3.63, 3.8) is 0 Å². The molecule has 1 saturated heterocycles. The number of aromatic amines is 1. The van der Waals surface area contributed by atoms with Gasteiger partial charge in [-0.2, -0.15) is 0 Å². The molecular weight excluding hydrogens is 272 g/mol. The van der Waals surface area contributed by atoms with Crippen LogP contribution in [-0.2, 0) is 9.53 Å². The standard InChI is InChI=1S/C14H22N4O3/c1-9(2)11(17-14(20)21-3)13(19)18-8-4-5-10(18)12-15-6-7-16-12/h6-7,9-11H,4-5,8H2,1-3H3,(H,15,16)(H,17,20)/t10-,11-/m1/s1. The Morgan fingerprint density at radius 2 is 2.29 bits per heavy atom. The summed E-state index contributed by atoms with van der Waals surface area (Å²) in [6.07, 6.45) is 4.66. The number of carbonyl (C=O) groups is 2. The van der Waals surface area contributed by atoms with Crippen LogP contribution in [0, 0.1) is 5.92 Å². The monoisotopic (exact) mass is 294 g/mol. The minimum absolute atomic E-state index is 0.0190. The first kappa shape index (κ1) is 15.3. The fraction of sp³-hybridized carbons (Fsp3) is 0.643. The van der Waals surface area contributed by atoms with E-state index in [2.05, 4.69) is 20.0 Å². The number of aromatic nitrogens is 2. The number of carbonyl (C=O) groups excluding carboxylic acids is 2. The zero-order valence-corrected chi connectivity index (χ0v) is 12.6. The van der Waals surface area contributed by atoms with Gasteiger partial charge in [0.1, 0.15) is 11.9 Å². The van der Waals surface area contributed by atoms with Gasteiger partial charge in [0, 0.05) is 18.9 Å². The van der Waals surface area contributed by atoms with E-state index in [9.17, 15) is 9.59 Å². The SMILES string of the molecule is COC(=O)N[C@@H](C(=O)N1CCC[C@@H]1c1ncc[nH]1)C(C)C. The Balaban J connectivity index is 2.13. The highest BCUT2D eigenvalue weighted by Crippen LogP contribution is 2.30. The van der Waals surface area contributed by atoms with Crippen molar-refractivity contribution in [2.24, 2.45) is 5.92 Å². The fourth-order valence-corrected chi connectivity index (χ4v) is 2.65. The molecule has 0 aliphatic carbocycles. The number of methoxy groups -OCH3 is 1. The molecule has 0 bridgehead atoms. The molecule has 0 radical (unpaired) electrons. The van der Waals surface area contributed by atoms with Gasteiger partial charge >= 0.3 is 6.09 Å². The number of rotatable bonds is 4. The Kier molecular flexibility index (Phi) is 4.82. The number of H-pyrrole nitrogens is 1. The topological polar surface area (TPSA) is 87.3 Å². The first-order chi connectivity index (χ1) is 10.0. The molecule has 7 heteroatoms. The molecule has 2 amide bonds. The third-order valence-corrected chi connectivity index (χ3v) is 3.76. The van der Waals surface area contributed by atoms with Gasteiger partial charge in [0.2, 0.25) is 5.91 Å². The highest BCUT2D eigenvalue weighted by molar-refractivity contribution is 5.86. The van der Waals surface area contributed by atoms with E-state index in [4.69, 9.17) is 0 Å². The lowest BCUT2D eigenvalue weighted by Gasteiger charge is -2.29. The number of ether oxygens (including phenoxy) is 1. The van der Waals surface area contributed by atoms with E-state index in [1.807, 2.05) is 13.8 Å². The lowest BCUT2D eigenvalue weighted by atomic mass is 10.0. The van der Waals surface area contributed by atoms with Crippen LogP contribution in [0.2, 0.25) is 0 Å². The maximum absolute atomic E-state index is 12.8. The molecule has 1 aliphatic rings. The predicted molar refractivity (Wildman–Crippen MR) is 76.4 cm³/mol. The first-order valence-corrected chi connectivity index (χ1v) is 7.18. The third kappa shape index (κ3) is 3.34. The summed E-state index contributed by atoms with van der Waals surface area (Å²) < 4.78 is 4.60. The van der Waals surface area contributed by atoms with Gasteiger partial charge in [-0.1, -0.05) is 13.8 Å². The van der Waals surface area contributed by atoms with Crippen molar-refractivity contribution in [3.05, 3.63) is 18.2 Å². The molecule has 2 rings (SSSR count). The summed E-state index contributed by atoms with van der Waals surface area (Å²) in [7, 11) is 1.29. The summed E-state index contributed by atoms with van der Waals surface area (Å²) in [4.78, 5) is 33.3. The van der Waals surface area contributed by atoms with Crippen molar-refractivity contribution in [2.45, 2.75) is 38.8 Å². The molecule has 1 fully saturated rings. The molecule has 2 atom stereocenters. The first-order valence-electron chi connectivity index (χ1n) is 7.18. The average molecular weight is 294 g/mol. The van der Waals surface area contributed by atoms with Crippen LogP contribution >= 0.6 is 0 Å². The number of hydrogen-bond donors (Lipinski definition) is 2. The maximum Gasteiger partial charge on any atom is 0.407 e. The van der Waals surface area contributed by atoms with Crippen LogP contribution < -0.4 is 5.32 Å². The lowest BCUT2D eigenvalue weighted by Crippen LogP contribution is -2.51. The highest BCUT2D eigenvalue weighted by atomic mass is 16.5. The van der Waals surface area contributed by atoms with Crippen LogP contribution in [-0.4, -0.2) is 46.6 Å². The fourth-order valence-electron chi connectivity index (χ4n) is 2.65. The van der Waals surface area contributed by atoms with Gasteiger partial charge < -0.3 is 19.9 Å². The Morgan fingerprint density at radius 3 is 2.86 bits per heavy atom. The van der Waals surface area contributed by atoms with E-state index < -0.39 is 12.1 Å². The molecule has 7 nitrogen and oxygen atoms in total. The molecule has 1 aromatic heterocycles. The van der Waals surface area contributed by atoms with Crippen LogP contribution in [0.25, 0.3) is 0 Å². The molecule has 0 saturated carbocycles. The van der Waals surface area contributed by atoms with Crippen LogP contribution in [0.5, 0.6) is 0 Å². The zero-order chi connectivity index (χ0) is 15.4. The van der Waals surface area contributed by atoms with Crippen LogP contribution in [0.3, 0.4) is 0 Å². The molecule has 0 aromatic carbocycles. The minimum atomic E-state index is -0.590. The van der Waals surface area contributed by atoms with E-state index in [1.54, 1.807) is 17.3 Å². The predicted octanol–water partition coefficient (Wildman–Crippen LogP) is 1.45. The highest BCUT2D eigenvalue weighted by Gasteiger charge is 2.37. The van der Waals surface area contributed by atoms with E-state index in [1.165, 1.54) is 7.11 Å². The van der Waals surface area contributed by atoms with Crippen molar-refractivity contribution in [1.82, 2.24) is 20.2 Å². The third-order valence-electron chi connectivity index (χ3n) is 3.76. The van der Waals surface area contributed by atoms with Gasteiger partial charge in [-0.05, 0) is 18.8 Å². The van der Waals surface area contributed by atoms with Crippen LogP contribution in [0.4, 0.5) is 4.79 Å². The number of nitrogens with zero attached hydrogens (tertiary/aromatic N) is 2. The van der Waals surface area contributed by atoms with Crippen molar-refractivity contribution in [2.75, 3.05) is 13.7 Å². The van der Waals surface area contributed by atoms with E-state index >= 15 is 0 Å². The quantitative estimate of drug-likeness (QED) is 0.880. The van der Waals surface area contributed by atoms with E-state index in [-0.39, 0.29) is 17.9 Å². The Hall–Kier alpha value is -2.05. The molecule has 2 N–H and O–H groups in total. The van der Waals surface area contributed by atoms with E-state index in [0.717, 1.165) is 18.7 Å². The summed E-state index contributed by atoms with van der Waals surface area (Å²) in [6.45, 7) is 4.48. The lowest BCUT2D eigenvalue weighted by molar-refractivity contribution is -0.135. The molecule has 0 unspecified atom stereocenters. The maximum atomic E-state index is 12.8. The largest absolute Gasteiger partial charge is 0.453 e. The second-order valence-corrected chi connectivity index (χ2v) is 5.52. The van der Waals surface area contributed by atoms with Crippen LogP contribution in [0.1, 0.15) is 38.6 Å². The van der Waals surface area contributed by atoms with Crippen molar-refractivity contribution in [3.8, 4) is 0 Å². The van der Waals surface area contributed by atoms with Gasteiger partial charge in [-0.15, -0.1) is 0 Å². The zero-order valence-electron chi connectivity index (χ0n) is 12.6. The summed E-state index contributed by atoms with van der Waals surface area (Å²) in [5.74, 6) is 0.685. The minimum Gasteiger partial charge on any atom is -0.453 e. The Bertz CT molecular complexity index is 486. The van der Waals surface area contributed by atoms with E-state index in [0.29, 0.717) is 6.54 Å². The normalized spacial score (nSPS) is 19.6. The van der Waals surface area contributed by atoms with Gasteiger partial charge in [-0.25, -0.2) is 9.78 Å². The number of likely N-dealkylation sites (tertiary alicyclic amines) is 1. The average Bonchev–Trinajstić information content (AvgIpc) is 3.12. The van der Waals surface area contributed by atoms with Crippen molar-refractivity contribution < 1.29 is 14.3 Å². The van der Waals surface area contributed by atoms with Gasteiger partial charge in [0.05, 0.1) is 13.2 Å².